The average molecular weight is 820 g/mol. The first kappa shape index (κ1) is 45.1. The minimum Gasteiger partial charge on any atom is -0.374 e. The predicted octanol–water partition coefficient (Wildman–Crippen LogP) is 11.5. The number of nitrogens with zero attached hydrogens (tertiary/aromatic N) is 1. The third-order valence-electron chi connectivity index (χ3n) is 10.8. The van der Waals surface area contributed by atoms with E-state index in [0.717, 1.165) is 39.1 Å². The summed E-state index contributed by atoms with van der Waals surface area (Å²) in [6, 6.07) is 59.3. The predicted molar refractivity (Wildman–Crippen MR) is 244 cm³/mol. The van der Waals surface area contributed by atoms with E-state index in [9.17, 15) is 4.79 Å². The van der Waals surface area contributed by atoms with Crippen molar-refractivity contribution < 1.29 is 28.5 Å². The van der Waals surface area contributed by atoms with Crippen molar-refractivity contribution in [3.8, 4) is 0 Å². The van der Waals surface area contributed by atoms with Crippen molar-refractivity contribution in [1.82, 2.24) is 0 Å². The van der Waals surface area contributed by atoms with Gasteiger partial charge in [0.25, 0.3) is 0 Å². The molecule has 6 atom stereocenters. The molecule has 7 heteroatoms. The highest BCUT2D eigenvalue weighted by Crippen LogP contribution is 2.39. The van der Waals surface area contributed by atoms with E-state index >= 15 is 0 Å². The Bertz CT molecular complexity index is 2100. The second-order valence-electron chi connectivity index (χ2n) is 14.8. The lowest BCUT2D eigenvalue weighted by Gasteiger charge is -2.46. The van der Waals surface area contributed by atoms with E-state index < -0.39 is 24.4 Å². The summed E-state index contributed by atoms with van der Waals surface area (Å²) in [5.41, 5.74) is 7.41. The van der Waals surface area contributed by atoms with Crippen LogP contribution in [0.25, 0.3) is 0 Å². The number of β-lactam (4-membered cyclic amide) rings is 1. The Labute approximate surface area is 363 Å². The van der Waals surface area contributed by atoms with Gasteiger partial charge >= 0.3 is 0 Å². The second-order valence-corrected chi connectivity index (χ2v) is 14.8. The van der Waals surface area contributed by atoms with Gasteiger partial charge < -0.3 is 28.6 Å². The van der Waals surface area contributed by atoms with Gasteiger partial charge in [-0.25, -0.2) is 0 Å². The van der Waals surface area contributed by atoms with Crippen LogP contribution >= 0.6 is 0 Å². The van der Waals surface area contributed by atoms with Gasteiger partial charge in [-0.1, -0.05) is 191 Å². The molecule has 0 N–H and O–H groups in total. The van der Waals surface area contributed by atoms with Gasteiger partial charge in [0.05, 0.1) is 51.6 Å². The lowest BCUT2D eigenvalue weighted by Crippen LogP contribution is -2.61. The number of hydrogen-bond acceptors (Lipinski definition) is 6. The normalized spacial score (nSPS) is 20.7. The van der Waals surface area contributed by atoms with Crippen molar-refractivity contribution >= 4 is 11.6 Å². The minimum absolute atomic E-state index is 0.00580. The van der Waals surface area contributed by atoms with E-state index in [2.05, 4.69) is 72.8 Å². The molecule has 0 unspecified atom stereocenters. The number of para-hydroxylation sites is 1. The maximum Gasteiger partial charge on any atom is 0.230 e. The summed E-state index contributed by atoms with van der Waals surface area (Å²) in [6.07, 6.45) is -1.21. The van der Waals surface area contributed by atoms with Crippen molar-refractivity contribution in [3.05, 3.63) is 209 Å². The van der Waals surface area contributed by atoms with Gasteiger partial charge in [-0.3, -0.25) is 4.79 Å². The van der Waals surface area contributed by atoms with Crippen LogP contribution in [-0.2, 0) is 61.3 Å². The van der Waals surface area contributed by atoms with E-state index in [1.165, 1.54) is 0 Å². The third kappa shape index (κ3) is 12.6. The van der Waals surface area contributed by atoms with Gasteiger partial charge in [0.2, 0.25) is 5.91 Å². The quantitative estimate of drug-likeness (QED) is 0.0854. The molecule has 0 aliphatic carbocycles. The molecule has 2 heterocycles. The zero-order chi connectivity index (χ0) is 42.7. The number of rotatable bonds is 17. The Morgan fingerprint density at radius 3 is 1.34 bits per heavy atom. The van der Waals surface area contributed by atoms with Crippen LogP contribution in [0.5, 0.6) is 0 Å². The van der Waals surface area contributed by atoms with E-state index in [-0.39, 0.29) is 18.1 Å². The topological polar surface area (TPSA) is 66.5 Å². The highest BCUT2D eigenvalue weighted by molar-refractivity contribution is 6.01. The van der Waals surface area contributed by atoms with Crippen LogP contribution in [0, 0.1) is 0 Å². The first-order valence-corrected chi connectivity index (χ1v) is 21.9. The standard InChI is InChI=1S/C50H49NO6.2C2H6/c52-47-31-44(51(47)43-24-14-5-15-25-43)42-28-26-37(27-29-42)30-45-48(54-33-39-18-8-2-9-19-39)50(56-35-41-22-12-4-13-23-41)49(55-34-40-20-10-3-11-21-40)46(57-45)36-53-32-38-16-6-1-7-17-38;2*1-2/h1-29,44-46,48-50H,30-36H2;2*1-2H3/t44-,45-,46+,48-,49+,50+;;/m0../s1. The van der Waals surface area contributed by atoms with Crippen LogP contribution < -0.4 is 4.90 Å². The van der Waals surface area contributed by atoms with E-state index in [1.54, 1.807) is 0 Å². The molecule has 2 aliphatic rings. The van der Waals surface area contributed by atoms with Crippen LogP contribution in [0.1, 0.15) is 73.5 Å². The molecular weight excluding hydrogens is 759 g/mol. The molecule has 0 bridgehead atoms. The zero-order valence-electron chi connectivity index (χ0n) is 36.1. The Hall–Kier alpha value is -5.41. The largest absolute Gasteiger partial charge is 0.374 e. The summed E-state index contributed by atoms with van der Waals surface area (Å²) in [4.78, 5) is 14.6. The SMILES string of the molecule is CC.CC.O=C1C[C@@H](c2ccc(C[C@@H]3O[C@H](COCc4ccccc4)[C@@H](OCc4ccccc4)[C@H](OCc4ccccc4)[C@H]3OCc3ccccc3)cc2)N1c1ccccc1. The summed E-state index contributed by atoms with van der Waals surface area (Å²) >= 11 is 0. The van der Waals surface area contributed by atoms with E-state index in [1.807, 2.05) is 136 Å². The number of benzene rings is 6. The van der Waals surface area contributed by atoms with Crippen molar-refractivity contribution in [1.29, 1.82) is 0 Å². The highest BCUT2D eigenvalue weighted by atomic mass is 16.6. The summed E-state index contributed by atoms with van der Waals surface area (Å²) < 4.78 is 34.2. The number of carbonyl (C=O) groups is 1. The molecule has 0 aromatic heterocycles. The Morgan fingerprint density at radius 1 is 0.475 bits per heavy atom. The summed E-state index contributed by atoms with van der Waals surface area (Å²) in [5.74, 6) is 0.135. The molecular formula is C54H61NO6. The summed E-state index contributed by atoms with van der Waals surface area (Å²) in [6.45, 7) is 9.92. The van der Waals surface area contributed by atoms with Gasteiger partial charge in [-0.15, -0.1) is 0 Å². The molecule has 0 radical (unpaired) electrons. The monoisotopic (exact) mass is 819 g/mol. The Morgan fingerprint density at radius 2 is 0.885 bits per heavy atom. The van der Waals surface area contributed by atoms with Crippen molar-refractivity contribution in [3.63, 3.8) is 0 Å². The molecule has 0 saturated carbocycles. The van der Waals surface area contributed by atoms with Crippen LogP contribution in [0.3, 0.4) is 0 Å². The molecule has 8 rings (SSSR count). The van der Waals surface area contributed by atoms with Crippen LogP contribution in [0.4, 0.5) is 5.69 Å². The molecule has 6 aromatic rings. The van der Waals surface area contributed by atoms with Crippen LogP contribution in [-0.4, -0.2) is 43.0 Å². The number of amides is 1. The third-order valence-corrected chi connectivity index (χ3v) is 10.8. The first-order valence-electron chi connectivity index (χ1n) is 21.9. The van der Waals surface area contributed by atoms with Crippen LogP contribution in [0.15, 0.2) is 176 Å². The smallest absolute Gasteiger partial charge is 0.230 e. The lowest BCUT2D eigenvalue weighted by atomic mass is 9.89. The first-order chi connectivity index (χ1) is 30.2. The molecule has 1 amide bonds. The van der Waals surface area contributed by atoms with Crippen molar-refractivity contribution in [2.24, 2.45) is 0 Å². The fourth-order valence-electron chi connectivity index (χ4n) is 7.75. The van der Waals surface area contributed by atoms with Gasteiger partial charge in [-0.2, -0.15) is 0 Å². The number of anilines is 1. The molecule has 318 valence electrons. The van der Waals surface area contributed by atoms with Crippen LogP contribution in [0.2, 0.25) is 0 Å². The fraction of sp³-hybridized carbons (Fsp3) is 0.315. The van der Waals surface area contributed by atoms with Gasteiger partial charge in [0.1, 0.15) is 24.4 Å². The molecule has 6 aromatic carbocycles. The van der Waals surface area contributed by atoms with Crippen molar-refractivity contribution in [2.45, 2.75) is 104 Å². The number of carbonyl (C=O) groups excluding carboxylic acids is 1. The van der Waals surface area contributed by atoms with Gasteiger partial charge in [-0.05, 0) is 45.5 Å². The fourth-order valence-corrected chi connectivity index (χ4v) is 7.75. The molecule has 0 spiro atoms. The average Bonchev–Trinajstić information content (AvgIpc) is 3.32. The highest BCUT2D eigenvalue weighted by Gasteiger charge is 2.48. The van der Waals surface area contributed by atoms with E-state index in [4.69, 9.17) is 23.7 Å². The molecule has 2 saturated heterocycles. The molecule has 61 heavy (non-hydrogen) atoms. The minimum atomic E-state index is -0.496. The molecule has 2 aliphatic heterocycles. The molecule has 7 nitrogen and oxygen atoms in total. The lowest BCUT2D eigenvalue weighted by molar-refractivity contribution is -0.272. The maximum atomic E-state index is 12.7. The number of hydrogen-bond donors (Lipinski definition) is 0. The van der Waals surface area contributed by atoms with Gasteiger partial charge in [0, 0.05) is 12.1 Å². The summed E-state index contributed by atoms with van der Waals surface area (Å²) in [7, 11) is 0. The van der Waals surface area contributed by atoms with Crippen molar-refractivity contribution in [2.75, 3.05) is 11.5 Å². The summed E-state index contributed by atoms with van der Waals surface area (Å²) in [5, 5.41) is 0. The second kappa shape index (κ2) is 24.1. The Kier molecular flexibility index (Phi) is 17.9. The maximum absolute atomic E-state index is 12.7. The zero-order valence-corrected chi connectivity index (χ0v) is 36.1. The van der Waals surface area contributed by atoms with Gasteiger partial charge in [0.15, 0.2) is 0 Å². The number of ether oxygens (including phenoxy) is 5. The molecule has 2 fully saturated rings. The Balaban J connectivity index is 0.00000151. The van der Waals surface area contributed by atoms with E-state index in [0.29, 0.717) is 45.9 Å².